The van der Waals surface area contributed by atoms with Crippen LogP contribution in [0.15, 0.2) is 30.6 Å². The van der Waals surface area contributed by atoms with Gasteiger partial charge in [-0.25, -0.2) is 4.98 Å². The van der Waals surface area contributed by atoms with Gasteiger partial charge in [0.25, 0.3) is 0 Å². The number of pyridine rings is 1. The first-order chi connectivity index (χ1) is 7.00. The second-order valence-electron chi connectivity index (χ2n) is 2.07. The summed E-state index contributed by atoms with van der Waals surface area (Å²) in [7, 11) is -12.0. The third-order valence-corrected chi connectivity index (χ3v) is 0.607. The van der Waals surface area contributed by atoms with Crippen LogP contribution in [0.1, 0.15) is 0 Å². The molecule has 1 aromatic rings. The molecule has 0 spiro atoms. The normalized spacial score (nSPS) is 9.88. The molecule has 1 N–H and O–H groups in total. The van der Waals surface area contributed by atoms with E-state index in [1.807, 2.05) is 30.6 Å². The molecule has 0 fully saturated rings. The number of rotatable bonds is 0. The smallest absolute Gasteiger partial charge is 0.418 e. The monoisotopic (exact) mass is 277 g/mol. The van der Waals surface area contributed by atoms with Gasteiger partial charge in [0.1, 0.15) is 0 Å². The molecule has 0 aromatic carbocycles. The Hall–Kier alpha value is -0.280. The van der Waals surface area contributed by atoms with Gasteiger partial charge in [-0.05, 0) is 0 Å². The molecule has 1 nitrogen and oxygen atoms in total. The van der Waals surface area contributed by atoms with E-state index in [1.54, 1.807) is 0 Å². The van der Waals surface area contributed by atoms with Gasteiger partial charge in [0.15, 0.2) is 12.4 Å². The molecule has 12 heteroatoms. The Morgan fingerprint density at radius 1 is 0.588 bits per heavy atom. The molecule has 0 aliphatic rings. The summed E-state index contributed by atoms with van der Waals surface area (Å²) in [5.41, 5.74) is 0. The molecular weight excluding hydrogens is 271 g/mol. The molecule has 0 bridgehead atoms. The van der Waals surface area contributed by atoms with Gasteiger partial charge in [0, 0.05) is 12.1 Å². The molecule has 0 aliphatic heterocycles. The molecule has 0 unspecified atom stereocenters. The molecule has 94 valence electrons. The van der Waals surface area contributed by atoms with Crippen molar-refractivity contribution < 1.29 is 69.1 Å². The average Bonchev–Trinajstić information content (AvgIpc) is 2.01. The van der Waals surface area contributed by atoms with Gasteiger partial charge < -0.3 is 34.5 Å². The minimum absolute atomic E-state index is 0. The summed E-state index contributed by atoms with van der Waals surface area (Å²) in [6.07, 6.45) is 3.75. The molecule has 1 heterocycles. The number of H-pyrrole nitrogens is 1. The largest absolute Gasteiger partial charge is 1.00 e. The Morgan fingerprint density at radius 3 is 0.882 bits per heavy atom. The number of nitrogens with one attached hydrogen (secondary N) is 1. The van der Waals surface area contributed by atoms with Crippen molar-refractivity contribution in [2.45, 2.75) is 0 Å². The third kappa shape index (κ3) is 90.4. The quantitative estimate of drug-likeness (QED) is 0.472. The Labute approximate surface area is 114 Å². The zero-order valence-electron chi connectivity index (χ0n) is 8.57. The van der Waals surface area contributed by atoms with E-state index in [2.05, 4.69) is 4.98 Å². The molecule has 1 aromatic heterocycles. The minimum Gasteiger partial charge on any atom is -0.418 e. The summed E-state index contributed by atoms with van der Waals surface area (Å²) >= 11 is 0. The van der Waals surface area contributed by atoms with Crippen LogP contribution in [-0.2, 0) is 0 Å². The Bertz CT molecular complexity index is 202. The van der Waals surface area contributed by atoms with Crippen molar-refractivity contribution in [3.63, 3.8) is 0 Å². The van der Waals surface area contributed by atoms with E-state index in [4.69, 9.17) is 0 Å². The van der Waals surface area contributed by atoms with E-state index in [0.717, 1.165) is 0 Å². The second-order valence-corrected chi connectivity index (χ2v) is 2.07. The maximum absolute atomic E-state index is 9.75. The van der Waals surface area contributed by atoms with E-state index in [1.165, 1.54) is 0 Å². The summed E-state index contributed by atoms with van der Waals surface area (Å²) < 4.78 is 78.0. The molecule has 0 saturated carbocycles. The van der Waals surface area contributed by atoms with Crippen LogP contribution >= 0.6 is 0 Å². The number of aromatic nitrogens is 1. The fourth-order valence-electron chi connectivity index (χ4n) is 0.342. The second kappa shape index (κ2) is 10.8. The fourth-order valence-corrected chi connectivity index (χ4v) is 0.342. The summed E-state index contributed by atoms with van der Waals surface area (Å²) in [6, 6.07) is 5.86. The van der Waals surface area contributed by atoms with Crippen molar-refractivity contribution in [2.24, 2.45) is 0 Å². The van der Waals surface area contributed by atoms with E-state index >= 15 is 0 Å². The summed E-state index contributed by atoms with van der Waals surface area (Å²) in [4.78, 5) is 2.89. The molecule has 0 saturated heterocycles. The summed E-state index contributed by atoms with van der Waals surface area (Å²) in [5.74, 6) is 0. The predicted molar refractivity (Wildman–Crippen MR) is 43.4 cm³/mol. The van der Waals surface area contributed by atoms with Crippen molar-refractivity contribution in [2.75, 3.05) is 0 Å². The molecule has 0 aliphatic carbocycles. The Balaban J connectivity index is -0.000000170. The summed E-state index contributed by atoms with van der Waals surface area (Å²) in [6.45, 7) is 0. The Kier molecular flexibility index (Phi) is 14.0. The molecule has 0 atom stereocenters. The van der Waals surface area contributed by atoms with Crippen LogP contribution in [0.3, 0.4) is 0 Å². The van der Waals surface area contributed by atoms with Crippen LogP contribution in [0.25, 0.3) is 0 Å². The number of aromatic amines is 1. The van der Waals surface area contributed by atoms with Crippen LogP contribution in [0.5, 0.6) is 0 Å². The molecule has 0 radical (unpaired) electrons. The molecule has 1 rings (SSSR count). The van der Waals surface area contributed by atoms with Crippen molar-refractivity contribution in [1.29, 1.82) is 0 Å². The first-order valence-corrected chi connectivity index (χ1v) is 3.66. The van der Waals surface area contributed by atoms with Crippen LogP contribution in [0.4, 0.5) is 34.5 Å². The third-order valence-electron chi connectivity index (χ3n) is 0.607. The van der Waals surface area contributed by atoms with Crippen molar-refractivity contribution in [1.82, 2.24) is 0 Å². The predicted octanol–water partition coefficient (Wildman–Crippen LogP) is 0.105. The van der Waals surface area contributed by atoms with E-state index in [9.17, 15) is 34.5 Å². The van der Waals surface area contributed by atoms with Gasteiger partial charge in [-0.1, -0.05) is 6.07 Å². The average molecular weight is 277 g/mol. The maximum Gasteiger partial charge on any atom is 1.00 e. The van der Waals surface area contributed by atoms with Crippen LogP contribution in [0, 0.1) is 0 Å². The topological polar surface area (TPSA) is 14.1 Å². The van der Waals surface area contributed by atoms with Crippen LogP contribution in [-0.4, -0.2) is 14.5 Å². The van der Waals surface area contributed by atoms with Gasteiger partial charge in [-0.3, -0.25) is 0 Å². The van der Waals surface area contributed by atoms with Crippen LogP contribution in [0.2, 0.25) is 0 Å². The van der Waals surface area contributed by atoms with Gasteiger partial charge in [0.2, 0.25) is 0 Å². The SMILES string of the molecule is F[B-](F)(F)F.F[B-](F)(F)F.[Na+].c1cc[nH+]cc1. The standard InChI is InChI=1S/C5H5N.2BF4.Na/c1-2-4-6-5-3-1;2*2-1(3,4)5;/h1-5H;;;/q;2*-1;+1/p+1. The van der Waals surface area contributed by atoms with Crippen molar-refractivity contribution in [3.05, 3.63) is 30.6 Å². The first kappa shape index (κ1) is 21.9. The first-order valence-electron chi connectivity index (χ1n) is 3.66. The van der Waals surface area contributed by atoms with Gasteiger partial charge in [-0.15, -0.1) is 0 Å². The minimum atomic E-state index is -6.00. The summed E-state index contributed by atoms with van der Waals surface area (Å²) in [5, 5.41) is 0. The van der Waals surface area contributed by atoms with Gasteiger partial charge >= 0.3 is 44.1 Å². The van der Waals surface area contributed by atoms with Gasteiger partial charge in [0.05, 0.1) is 0 Å². The molecule has 0 amide bonds. The van der Waals surface area contributed by atoms with Crippen molar-refractivity contribution >= 4 is 14.5 Å². The molecular formula is C5H6B2F8NNa. The number of halogens is 8. The van der Waals surface area contributed by atoms with Crippen LogP contribution < -0.4 is 34.5 Å². The molecule has 17 heavy (non-hydrogen) atoms. The number of hydrogen-bond donors (Lipinski definition) is 0. The van der Waals surface area contributed by atoms with Gasteiger partial charge in [-0.2, -0.15) is 0 Å². The zero-order chi connectivity index (χ0) is 13.2. The Morgan fingerprint density at radius 2 is 0.824 bits per heavy atom. The van der Waals surface area contributed by atoms with E-state index in [-0.39, 0.29) is 29.6 Å². The maximum atomic E-state index is 9.75. The number of hydrogen-bond acceptors (Lipinski definition) is 0. The van der Waals surface area contributed by atoms with E-state index < -0.39 is 14.5 Å². The van der Waals surface area contributed by atoms with Crippen molar-refractivity contribution in [3.8, 4) is 0 Å². The van der Waals surface area contributed by atoms with E-state index in [0.29, 0.717) is 0 Å². The fraction of sp³-hybridized carbons (Fsp3) is 0. The zero-order valence-corrected chi connectivity index (χ0v) is 10.6.